The van der Waals surface area contributed by atoms with Crippen molar-refractivity contribution in [3.8, 4) is 10.6 Å². The van der Waals surface area contributed by atoms with Gasteiger partial charge in [-0.15, -0.1) is 10.2 Å². The molecular formula is C16H20N3OS. The van der Waals surface area contributed by atoms with Crippen LogP contribution >= 0.6 is 11.3 Å². The molecule has 1 aromatic carbocycles. The van der Waals surface area contributed by atoms with Crippen molar-refractivity contribution in [2.24, 2.45) is 0 Å². The summed E-state index contributed by atoms with van der Waals surface area (Å²) in [5, 5.41) is 8.74. The normalized spacial score (nSPS) is 16.3. The van der Waals surface area contributed by atoms with Gasteiger partial charge in [-0.3, -0.25) is 0 Å². The zero-order valence-electron chi connectivity index (χ0n) is 12.3. The smallest absolute Gasteiger partial charge is 0.178 e. The van der Waals surface area contributed by atoms with E-state index >= 15 is 0 Å². The van der Waals surface area contributed by atoms with Gasteiger partial charge in [0.1, 0.15) is 5.01 Å². The summed E-state index contributed by atoms with van der Waals surface area (Å²) in [7, 11) is 0. The van der Waals surface area contributed by atoms with E-state index in [9.17, 15) is 0 Å². The lowest BCUT2D eigenvalue weighted by Crippen LogP contribution is -2.37. The van der Waals surface area contributed by atoms with Gasteiger partial charge in [-0.05, 0) is 43.5 Å². The first kappa shape index (κ1) is 14.5. The second-order valence-electron chi connectivity index (χ2n) is 5.30. The molecule has 1 aromatic heterocycles. The average Bonchev–Trinajstić information content (AvgIpc) is 3.08. The second-order valence-corrected chi connectivity index (χ2v) is 6.08. The third-order valence-electron chi connectivity index (χ3n) is 3.80. The Balaban J connectivity index is 1.58. The Labute approximate surface area is 129 Å². The van der Waals surface area contributed by atoms with Gasteiger partial charge in [0.15, 0.2) is 5.51 Å². The molecule has 0 bridgehead atoms. The summed E-state index contributed by atoms with van der Waals surface area (Å²) in [6, 6.07) is 8.57. The van der Waals surface area contributed by atoms with Gasteiger partial charge in [0.05, 0.1) is 6.10 Å². The molecule has 0 aliphatic carbocycles. The summed E-state index contributed by atoms with van der Waals surface area (Å²) in [4.78, 5) is 2.43. The summed E-state index contributed by atoms with van der Waals surface area (Å²) in [5.74, 6) is 0. The molecule has 21 heavy (non-hydrogen) atoms. The molecule has 1 aliphatic heterocycles. The van der Waals surface area contributed by atoms with Gasteiger partial charge < -0.3 is 9.64 Å². The maximum atomic E-state index is 5.84. The van der Waals surface area contributed by atoms with Crippen LogP contribution in [0.2, 0.25) is 0 Å². The lowest BCUT2D eigenvalue weighted by atomic mass is 10.1. The predicted octanol–water partition coefficient (Wildman–Crippen LogP) is 3.40. The van der Waals surface area contributed by atoms with Crippen LogP contribution in [0, 0.1) is 5.51 Å². The van der Waals surface area contributed by atoms with Crippen LogP contribution in [0.4, 0.5) is 5.69 Å². The van der Waals surface area contributed by atoms with Gasteiger partial charge in [-0.2, -0.15) is 0 Å². The summed E-state index contributed by atoms with van der Waals surface area (Å²) < 4.78 is 5.84. The van der Waals surface area contributed by atoms with Crippen LogP contribution in [0.15, 0.2) is 24.3 Å². The molecule has 1 aliphatic rings. The number of nitrogens with zero attached hydrogens (tertiary/aromatic N) is 3. The van der Waals surface area contributed by atoms with Crippen molar-refractivity contribution in [1.82, 2.24) is 10.2 Å². The molecule has 4 nitrogen and oxygen atoms in total. The fourth-order valence-corrected chi connectivity index (χ4v) is 3.15. The molecule has 1 radical (unpaired) electrons. The van der Waals surface area contributed by atoms with E-state index in [1.54, 1.807) is 0 Å². The number of anilines is 1. The molecule has 5 heteroatoms. The summed E-state index contributed by atoms with van der Waals surface area (Å²) in [6.07, 6.45) is 3.78. The van der Waals surface area contributed by atoms with Crippen LogP contribution in [-0.4, -0.2) is 36.0 Å². The molecule has 3 rings (SSSR count). The SMILES string of the molecule is CCCOC1CCN(c2ccc(-c3nn[c]s3)cc2)CC1. The highest BCUT2D eigenvalue weighted by molar-refractivity contribution is 7.12. The molecule has 0 amide bonds. The molecule has 0 N–H and O–H groups in total. The van der Waals surface area contributed by atoms with E-state index in [0.29, 0.717) is 6.10 Å². The van der Waals surface area contributed by atoms with Crippen molar-refractivity contribution < 1.29 is 4.74 Å². The lowest BCUT2D eigenvalue weighted by Gasteiger charge is -2.33. The van der Waals surface area contributed by atoms with Crippen molar-refractivity contribution in [3.05, 3.63) is 29.8 Å². The first-order valence-electron chi connectivity index (χ1n) is 7.53. The number of ether oxygens (including phenoxy) is 1. The quantitative estimate of drug-likeness (QED) is 0.848. The molecular weight excluding hydrogens is 282 g/mol. The van der Waals surface area contributed by atoms with Gasteiger partial charge >= 0.3 is 0 Å². The Morgan fingerprint density at radius 3 is 2.67 bits per heavy atom. The summed E-state index contributed by atoms with van der Waals surface area (Å²) >= 11 is 1.45. The van der Waals surface area contributed by atoms with Crippen molar-refractivity contribution in [3.63, 3.8) is 0 Å². The third-order valence-corrected chi connectivity index (χ3v) is 4.49. The van der Waals surface area contributed by atoms with E-state index in [1.807, 2.05) is 0 Å². The summed E-state index contributed by atoms with van der Waals surface area (Å²) in [5.41, 5.74) is 5.17. The standard InChI is InChI=1S/C16H20N3OS/c1-2-11-20-15-7-9-19(10-8-15)14-5-3-13(4-6-14)16-18-17-12-21-16/h3-6,15H,2,7-11H2,1H3. The lowest BCUT2D eigenvalue weighted by molar-refractivity contribution is 0.0375. The molecule has 1 fully saturated rings. The number of hydrogen-bond acceptors (Lipinski definition) is 5. The zero-order chi connectivity index (χ0) is 14.5. The minimum atomic E-state index is 0.442. The molecule has 0 unspecified atom stereocenters. The first-order valence-corrected chi connectivity index (χ1v) is 8.35. The Bertz CT molecular complexity index is 533. The maximum absolute atomic E-state index is 5.84. The fourth-order valence-electron chi connectivity index (χ4n) is 2.65. The average molecular weight is 302 g/mol. The largest absolute Gasteiger partial charge is 0.378 e. The monoisotopic (exact) mass is 302 g/mol. The van der Waals surface area contributed by atoms with Crippen molar-refractivity contribution in [1.29, 1.82) is 0 Å². The van der Waals surface area contributed by atoms with Crippen molar-refractivity contribution in [2.75, 3.05) is 24.6 Å². The van der Waals surface area contributed by atoms with E-state index in [1.165, 1.54) is 17.0 Å². The van der Waals surface area contributed by atoms with Gasteiger partial charge in [-0.25, -0.2) is 0 Å². The zero-order valence-corrected chi connectivity index (χ0v) is 13.1. The molecule has 0 atom stereocenters. The van der Waals surface area contributed by atoms with Crippen LogP contribution in [0.1, 0.15) is 26.2 Å². The highest BCUT2D eigenvalue weighted by Gasteiger charge is 2.19. The predicted molar refractivity (Wildman–Crippen MR) is 85.7 cm³/mol. The Hall–Kier alpha value is -1.46. The highest BCUT2D eigenvalue weighted by atomic mass is 32.1. The molecule has 2 aromatic rings. The van der Waals surface area contributed by atoms with Gasteiger partial charge in [-0.1, -0.05) is 18.3 Å². The maximum Gasteiger partial charge on any atom is 0.178 e. The minimum Gasteiger partial charge on any atom is -0.378 e. The Morgan fingerprint density at radius 2 is 2.05 bits per heavy atom. The molecule has 111 valence electrons. The van der Waals surface area contributed by atoms with Crippen LogP contribution in [0.5, 0.6) is 0 Å². The highest BCUT2D eigenvalue weighted by Crippen LogP contribution is 2.26. The van der Waals surface area contributed by atoms with Crippen LogP contribution in [-0.2, 0) is 4.74 Å². The fraction of sp³-hybridized carbons (Fsp3) is 0.500. The number of aromatic nitrogens is 2. The van der Waals surface area contributed by atoms with E-state index in [2.05, 4.69) is 51.8 Å². The second kappa shape index (κ2) is 7.00. The minimum absolute atomic E-state index is 0.442. The molecule has 0 saturated carbocycles. The van der Waals surface area contributed by atoms with E-state index in [-0.39, 0.29) is 0 Å². The van der Waals surface area contributed by atoms with E-state index < -0.39 is 0 Å². The van der Waals surface area contributed by atoms with Gasteiger partial charge in [0, 0.05) is 30.9 Å². The van der Waals surface area contributed by atoms with Gasteiger partial charge in [0.25, 0.3) is 0 Å². The Kier molecular flexibility index (Phi) is 4.83. The number of benzene rings is 1. The number of hydrogen-bond donors (Lipinski definition) is 0. The third kappa shape index (κ3) is 3.60. The number of rotatable bonds is 5. The van der Waals surface area contributed by atoms with Gasteiger partial charge in [0.2, 0.25) is 0 Å². The Morgan fingerprint density at radius 1 is 1.29 bits per heavy atom. The topological polar surface area (TPSA) is 38.2 Å². The van der Waals surface area contributed by atoms with Crippen molar-refractivity contribution >= 4 is 17.0 Å². The molecule has 1 saturated heterocycles. The molecule has 0 spiro atoms. The number of piperidine rings is 1. The van der Waals surface area contributed by atoms with E-state index in [4.69, 9.17) is 4.74 Å². The summed E-state index contributed by atoms with van der Waals surface area (Å²) in [6.45, 7) is 5.19. The van der Waals surface area contributed by atoms with E-state index in [0.717, 1.165) is 49.5 Å². The van der Waals surface area contributed by atoms with Crippen LogP contribution < -0.4 is 4.90 Å². The first-order chi connectivity index (χ1) is 10.4. The van der Waals surface area contributed by atoms with Crippen LogP contribution in [0.3, 0.4) is 0 Å². The van der Waals surface area contributed by atoms with Crippen molar-refractivity contribution in [2.45, 2.75) is 32.3 Å². The van der Waals surface area contributed by atoms with Crippen LogP contribution in [0.25, 0.3) is 10.6 Å². The molecule has 2 heterocycles.